The SMILES string of the molecule is Cc1c(F)cccc1C1C2=C(CC(C)(C)CC2=O)Nc2n[nH]c(C(F)(F)F)c21. The topological polar surface area (TPSA) is 57.8 Å². The fraction of sp³-hybridized carbons (Fsp3) is 0.400. The molecular formula is C20H19F4N3O. The molecule has 1 atom stereocenters. The van der Waals surface area contributed by atoms with Crippen molar-refractivity contribution in [2.45, 2.75) is 45.7 Å². The maximum absolute atomic E-state index is 14.3. The van der Waals surface area contributed by atoms with E-state index in [4.69, 9.17) is 0 Å². The molecule has 0 saturated heterocycles. The number of halogens is 4. The third-order valence-electron chi connectivity index (χ3n) is 5.47. The van der Waals surface area contributed by atoms with Crippen molar-refractivity contribution in [3.63, 3.8) is 0 Å². The molecule has 148 valence electrons. The van der Waals surface area contributed by atoms with Crippen LogP contribution in [0.1, 0.15) is 55.0 Å². The van der Waals surface area contributed by atoms with E-state index in [1.165, 1.54) is 19.1 Å². The van der Waals surface area contributed by atoms with E-state index >= 15 is 0 Å². The number of Topliss-reactive ketones (excluding diaryl/α,β-unsaturated/α-hetero) is 1. The number of hydrogen-bond acceptors (Lipinski definition) is 3. The number of benzene rings is 1. The Labute approximate surface area is 159 Å². The molecule has 1 aromatic carbocycles. The summed E-state index contributed by atoms with van der Waals surface area (Å²) in [6.45, 7) is 5.37. The van der Waals surface area contributed by atoms with E-state index in [0.29, 0.717) is 17.7 Å². The molecule has 2 aromatic rings. The van der Waals surface area contributed by atoms with Gasteiger partial charge < -0.3 is 5.32 Å². The van der Waals surface area contributed by atoms with Gasteiger partial charge in [0.1, 0.15) is 11.5 Å². The molecule has 0 radical (unpaired) electrons. The summed E-state index contributed by atoms with van der Waals surface area (Å²) in [6.07, 6.45) is -3.98. The number of carbonyl (C=O) groups is 1. The van der Waals surface area contributed by atoms with Gasteiger partial charge in [0.15, 0.2) is 11.6 Å². The molecule has 0 fully saturated rings. The summed E-state index contributed by atoms with van der Waals surface area (Å²) in [6, 6.07) is 4.27. The zero-order chi connectivity index (χ0) is 20.4. The quantitative estimate of drug-likeness (QED) is 0.665. The van der Waals surface area contributed by atoms with Crippen molar-refractivity contribution in [1.29, 1.82) is 0 Å². The molecular weight excluding hydrogens is 374 g/mol. The first-order chi connectivity index (χ1) is 13.0. The molecule has 28 heavy (non-hydrogen) atoms. The first-order valence-electron chi connectivity index (χ1n) is 8.93. The minimum atomic E-state index is -4.68. The number of hydrogen-bond donors (Lipinski definition) is 2. The smallest absolute Gasteiger partial charge is 0.342 e. The monoisotopic (exact) mass is 393 g/mol. The van der Waals surface area contributed by atoms with Gasteiger partial charge in [-0.3, -0.25) is 9.89 Å². The zero-order valence-electron chi connectivity index (χ0n) is 15.6. The number of nitrogens with zero attached hydrogens (tertiary/aromatic N) is 1. The number of aromatic nitrogens is 2. The van der Waals surface area contributed by atoms with Gasteiger partial charge in [0.25, 0.3) is 0 Å². The minimum absolute atomic E-state index is 0.0326. The van der Waals surface area contributed by atoms with Gasteiger partial charge in [-0.15, -0.1) is 0 Å². The highest BCUT2D eigenvalue weighted by Gasteiger charge is 2.47. The van der Waals surface area contributed by atoms with Crippen LogP contribution in [0.15, 0.2) is 29.5 Å². The van der Waals surface area contributed by atoms with Crippen LogP contribution in [0.3, 0.4) is 0 Å². The number of fused-ring (bicyclic) bond motifs is 1. The number of ketones is 1. The van der Waals surface area contributed by atoms with E-state index in [0.717, 1.165) is 0 Å². The van der Waals surface area contributed by atoms with Crippen LogP contribution in [0.5, 0.6) is 0 Å². The van der Waals surface area contributed by atoms with E-state index in [9.17, 15) is 22.4 Å². The fourth-order valence-electron chi connectivity index (χ4n) is 4.26. The second kappa shape index (κ2) is 5.93. The predicted octanol–water partition coefficient (Wildman–Crippen LogP) is 5.08. The Morgan fingerprint density at radius 2 is 1.93 bits per heavy atom. The van der Waals surface area contributed by atoms with Gasteiger partial charge in [-0.25, -0.2) is 4.39 Å². The van der Waals surface area contributed by atoms with E-state index in [1.807, 2.05) is 13.8 Å². The van der Waals surface area contributed by atoms with Gasteiger partial charge in [-0.2, -0.15) is 18.3 Å². The van der Waals surface area contributed by atoms with Crippen molar-refractivity contribution in [3.8, 4) is 0 Å². The van der Waals surface area contributed by atoms with Crippen LogP contribution < -0.4 is 5.32 Å². The molecule has 2 heterocycles. The Kier molecular flexibility index (Phi) is 3.96. The summed E-state index contributed by atoms with van der Waals surface area (Å²) >= 11 is 0. The summed E-state index contributed by atoms with van der Waals surface area (Å²) < 4.78 is 55.2. The summed E-state index contributed by atoms with van der Waals surface area (Å²) in [5.41, 5.74) is -0.115. The highest BCUT2D eigenvalue weighted by Crippen LogP contribution is 2.51. The highest BCUT2D eigenvalue weighted by molar-refractivity contribution is 6.01. The lowest BCUT2D eigenvalue weighted by Gasteiger charge is -2.38. The maximum atomic E-state index is 14.3. The lowest BCUT2D eigenvalue weighted by atomic mass is 9.68. The number of nitrogens with one attached hydrogen (secondary N) is 2. The summed E-state index contributed by atoms with van der Waals surface area (Å²) in [5.74, 6) is -1.75. The largest absolute Gasteiger partial charge is 0.433 e. The molecule has 4 nitrogen and oxygen atoms in total. The Bertz CT molecular complexity index is 1020. The summed E-state index contributed by atoms with van der Waals surface area (Å²) in [5, 5.41) is 8.82. The lowest BCUT2D eigenvalue weighted by molar-refractivity contribution is -0.142. The van der Waals surface area contributed by atoms with Gasteiger partial charge in [-0.1, -0.05) is 26.0 Å². The third-order valence-corrected chi connectivity index (χ3v) is 5.47. The van der Waals surface area contributed by atoms with Crippen molar-refractivity contribution in [2.24, 2.45) is 5.41 Å². The Morgan fingerprint density at radius 1 is 1.21 bits per heavy atom. The molecule has 1 unspecified atom stereocenters. The summed E-state index contributed by atoms with van der Waals surface area (Å²) in [4.78, 5) is 13.0. The molecule has 2 N–H and O–H groups in total. The average molecular weight is 393 g/mol. The van der Waals surface area contributed by atoms with Crippen LogP contribution in [0.2, 0.25) is 0 Å². The lowest BCUT2D eigenvalue weighted by Crippen LogP contribution is -2.34. The second-order valence-electron chi connectivity index (χ2n) is 8.20. The van der Waals surface area contributed by atoms with E-state index in [-0.39, 0.29) is 40.1 Å². The van der Waals surface area contributed by atoms with Crippen LogP contribution >= 0.6 is 0 Å². The van der Waals surface area contributed by atoms with E-state index in [1.54, 1.807) is 6.07 Å². The zero-order valence-corrected chi connectivity index (χ0v) is 15.6. The first kappa shape index (κ1) is 18.7. The average Bonchev–Trinajstić information content (AvgIpc) is 2.98. The molecule has 2 aliphatic rings. The number of alkyl halides is 3. The van der Waals surface area contributed by atoms with Gasteiger partial charge in [0, 0.05) is 29.2 Å². The van der Waals surface area contributed by atoms with Crippen molar-refractivity contribution >= 4 is 11.6 Å². The number of rotatable bonds is 1. The molecule has 0 spiro atoms. The van der Waals surface area contributed by atoms with Gasteiger partial charge >= 0.3 is 6.18 Å². The predicted molar refractivity (Wildman–Crippen MR) is 95.2 cm³/mol. The maximum Gasteiger partial charge on any atom is 0.433 e. The van der Waals surface area contributed by atoms with Gasteiger partial charge in [0.2, 0.25) is 0 Å². The van der Waals surface area contributed by atoms with Crippen LogP contribution in [-0.2, 0) is 11.0 Å². The van der Waals surface area contributed by atoms with Crippen molar-refractivity contribution in [2.75, 3.05) is 5.32 Å². The van der Waals surface area contributed by atoms with Crippen molar-refractivity contribution in [3.05, 3.63) is 57.7 Å². The molecule has 1 aliphatic carbocycles. The first-order valence-corrected chi connectivity index (χ1v) is 8.93. The number of allylic oxidation sites excluding steroid dienone is 2. The van der Waals surface area contributed by atoms with E-state index < -0.39 is 23.6 Å². The molecule has 8 heteroatoms. The van der Waals surface area contributed by atoms with Gasteiger partial charge in [0.05, 0.1) is 0 Å². The van der Waals surface area contributed by atoms with Crippen LogP contribution in [-0.4, -0.2) is 16.0 Å². The second-order valence-corrected chi connectivity index (χ2v) is 8.20. The molecule has 0 bridgehead atoms. The molecule has 1 aliphatic heterocycles. The fourth-order valence-corrected chi connectivity index (χ4v) is 4.26. The third kappa shape index (κ3) is 2.82. The molecule has 4 rings (SSSR count). The number of aromatic amines is 1. The normalized spacial score (nSPS) is 21.2. The Hall–Kier alpha value is -2.64. The van der Waals surface area contributed by atoms with Gasteiger partial charge in [-0.05, 0) is 36.0 Å². The summed E-state index contributed by atoms with van der Waals surface area (Å²) in [7, 11) is 0. The Morgan fingerprint density at radius 3 is 2.61 bits per heavy atom. The van der Waals surface area contributed by atoms with Crippen molar-refractivity contribution in [1.82, 2.24) is 10.2 Å². The minimum Gasteiger partial charge on any atom is -0.342 e. The van der Waals surface area contributed by atoms with Crippen LogP contribution in [0.4, 0.5) is 23.4 Å². The Balaban J connectivity index is 2.02. The van der Waals surface area contributed by atoms with Crippen LogP contribution in [0.25, 0.3) is 0 Å². The molecule has 1 aromatic heterocycles. The standard InChI is InChI=1S/C20H19F4N3O/c1-9-10(5-4-6-11(9)21)14-15-12(7-19(2,3)8-13(15)28)25-18-16(14)17(26-27-18)20(22,23)24/h4-6,14H,7-8H2,1-3H3,(H2,25,26,27). The number of carbonyl (C=O) groups excluding carboxylic acids is 1. The molecule has 0 amide bonds. The molecule has 0 saturated carbocycles. The highest BCUT2D eigenvalue weighted by atomic mass is 19.4. The van der Waals surface area contributed by atoms with Crippen LogP contribution in [0, 0.1) is 18.2 Å². The number of H-pyrrole nitrogens is 1. The van der Waals surface area contributed by atoms with E-state index in [2.05, 4.69) is 15.5 Å². The number of anilines is 1. The van der Waals surface area contributed by atoms with Crippen molar-refractivity contribution < 1.29 is 22.4 Å².